The minimum absolute atomic E-state index is 0. The van der Waals surface area contributed by atoms with Crippen molar-refractivity contribution in [1.29, 1.82) is 0 Å². The first-order valence-corrected chi connectivity index (χ1v) is 7.82. The second-order valence-electron chi connectivity index (χ2n) is 6.44. The van der Waals surface area contributed by atoms with Crippen LogP contribution in [0.3, 0.4) is 0 Å². The molecule has 24 heavy (non-hydrogen) atoms. The van der Waals surface area contributed by atoms with E-state index in [1.807, 2.05) is 10.6 Å². The number of fused-ring (bicyclic) bond motifs is 4. The molecule has 1 N–H and O–H groups in total. The van der Waals surface area contributed by atoms with E-state index in [4.69, 9.17) is 0 Å². The third-order valence-corrected chi connectivity index (χ3v) is 5.00. The molecule has 0 unspecified atom stereocenters. The van der Waals surface area contributed by atoms with Crippen molar-refractivity contribution in [3.8, 4) is 11.1 Å². The van der Waals surface area contributed by atoms with Crippen molar-refractivity contribution in [2.24, 2.45) is 5.92 Å². The molecule has 4 rings (SSSR count). The number of rotatable bonds is 2. The van der Waals surface area contributed by atoms with E-state index in [9.17, 15) is 13.6 Å². The summed E-state index contributed by atoms with van der Waals surface area (Å²) in [6, 6.07) is 3.51. The van der Waals surface area contributed by atoms with Crippen LogP contribution < -0.4 is 10.9 Å². The molecule has 4 heterocycles. The molecule has 8 heteroatoms. The van der Waals surface area contributed by atoms with Gasteiger partial charge in [0.2, 0.25) is 0 Å². The largest absolute Gasteiger partial charge is 0.333 e. The highest BCUT2D eigenvalue weighted by Crippen LogP contribution is 2.34. The van der Waals surface area contributed by atoms with Gasteiger partial charge in [0.25, 0.3) is 5.56 Å². The number of pyridine rings is 1. The van der Waals surface area contributed by atoms with Crippen LogP contribution >= 0.6 is 12.4 Å². The van der Waals surface area contributed by atoms with Gasteiger partial charge in [-0.1, -0.05) is 0 Å². The van der Waals surface area contributed by atoms with Crippen LogP contribution in [0.1, 0.15) is 30.3 Å². The summed E-state index contributed by atoms with van der Waals surface area (Å²) in [7, 11) is 0. The average molecular weight is 357 g/mol. The summed E-state index contributed by atoms with van der Waals surface area (Å²) in [4.78, 5) is 12.5. The Balaban J connectivity index is 0.00000169. The van der Waals surface area contributed by atoms with E-state index >= 15 is 0 Å². The third kappa shape index (κ3) is 2.65. The lowest BCUT2D eigenvalue weighted by Crippen LogP contribution is -2.44. The average Bonchev–Trinajstić information content (AvgIpc) is 2.90. The van der Waals surface area contributed by atoms with Crippen LogP contribution in [0.4, 0.5) is 8.78 Å². The van der Waals surface area contributed by atoms with Gasteiger partial charge in [0.05, 0.1) is 6.20 Å². The van der Waals surface area contributed by atoms with E-state index in [2.05, 4.69) is 10.4 Å². The molecule has 5 nitrogen and oxygen atoms in total. The van der Waals surface area contributed by atoms with Crippen LogP contribution in [0.5, 0.6) is 0 Å². The summed E-state index contributed by atoms with van der Waals surface area (Å²) in [6.45, 7) is 1.46. The Labute approximate surface area is 144 Å². The van der Waals surface area contributed by atoms with Crippen molar-refractivity contribution in [3.63, 3.8) is 0 Å². The third-order valence-electron chi connectivity index (χ3n) is 5.00. The molecular formula is C16H19ClF2N4O. The van der Waals surface area contributed by atoms with E-state index in [1.165, 1.54) is 12.3 Å². The molecule has 2 aliphatic heterocycles. The Bertz CT molecular complexity index is 817. The number of hydrogen-bond donors (Lipinski definition) is 1. The fourth-order valence-corrected chi connectivity index (χ4v) is 3.86. The van der Waals surface area contributed by atoms with Crippen molar-refractivity contribution in [2.75, 3.05) is 13.1 Å². The predicted molar refractivity (Wildman–Crippen MR) is 88.9 cm³/mol. The number of hydrogen-bond acceptors (Lipinski definition) is 3. The quantitative estimate of drug-likeness (QED) is 0.899. The van der Waals surface area contributed by atoms with E-state index in [0.717, 1.165) is 31.7 Å². The summed E-state index contributed by atoms with van der Waals surface area (Å²) < 4.78 is 28.3. The van der Waals surface area contributed by atoms with E-state index < -0.39 is 6.55 Å². The van der Waals surface area contributed by atoms with Crippen LogP contribution in [0.2, 0.25) is 0 Å². The first kappa shape index (κ1) is 17.1. The van der Waals surface area contributed by atoms with Gasteiger partial charge in [-0.2, -0.15) is 13.9 Å². The summed E-state index contributed by atoms with van der Waals surface area (Å²) in [5.41, 5.74) is 2.59. The zero-order valence-electron chi connectivity index (χ0n) is 13.2. The molecule has 0 spiro atoms. The lowest BCUT2D eigenvalue weighted by Gasteiger charge is -2.37. The second kappa shape index (κ2) is 6.29. The van der Waals surface area contributed by atoms with Crippen molar-refractivity contribution >= 4 is 12.4 Å². The molecule has 0 aliphatic carbocycles. The zero-order valence-corrected chi connectivity index (χ0v) is 14.0. The summed E-state index contributed by atoms with van der Waals surface area (Å²) in [5.74, 6) is 0.800. The molecule has 2 aromatic heterocycles. The van der Waals surface area contributed by atoms with Crippen molar-refractivity contribution < 1.29 is 8.78 Å². The van der Waals surface area contributed by atoms with Crippen molar-refractivity contribution in [2.45, 2.75) is 32.4 Å². The SMILES string of the molecule is Cc1c(-c2cc3n(c(=O)c2)C[C@@H]2CNC[C@H]3C2)cnn1C(F)F.Cl. The smallest absolute Gasteiger partial charge is 0.316 e. The van der Waals surface area contributed by atoms with Gasteiger partial charge in [0.15, 0.2) is 0 Å². The first-order chi connectivity index (χ1) is 11.0. The molecule has 0 aromatic carbocycles. The maximum Gasteiger partial charge on any atom is 0.333 e. The molecule has 2 aromatic rings. The van der Waals surface area contributed by atoms with Crippen LogP contribution in [-0.4, -0.2) is 27.4 Å². The molecule has 1 saturated heterocycles. The standard InChI is InChI=1S/C16H18F2N4O.ClH/c1-9-13(7-20-22(9)16(17)18)11-3-14-12-2-10(5-19-6-12)8-21(14)15(23)4-11;/h3-4,7,10,12,16,19H,2,5-6,8H2,1H3;1H/t10-,12+;/m0./s1. The molecule has 2 bridgehead atoms. The maximum atomic E-state index is 12.9. The molecule has 0 radical (unpaired) electrons. The van der Waals surface area contributed by atoms with Gasteiger partial charge >= 0.3 is 6.55 Å². The lowest BCUT2D eigenvalue weighted by atomic mass is 9.83. The molecular weight excluding hydrogens is 338 g/mol. The fourth-order valence-electron chi connectivity index (χ4n) is 3.86. The number of alkyl halides is 2. The van der Waals surface area contributed by atoms with Gasteiger partial charge in [-0.25, -0.2) is 4.68 Å². The second-order valence-corrected chi connectivity index (χ2v) is 6.44. The fraction of sp³-hybridized carbons (Fsp3) is 0.500. The van der Waals surface area contributed by atoms with Crippen molar-refractivity contribution in [1.82, 2.24) is 19.7 Å². The number of nitrogens with zero attached hydrogens (tertiary/aromatic N) is 3. The molecule has 2 atom stereocenters. The molecule has 0 amide bonds. The Kier molecular flexibility index (Phi) is 4.48. The highest BCUT2D eigenvalue weighted by atomic mass is 35.5. The minimum Gasteiger partial charge on any atom is -0.316 e. The normalized spacial score (nSPS) is 22.2. The lowest BCUT2D eigenvalue weighted by molar-refractivity contribution is 0.0545. The van der Waals surface area contributed by atoms with E-state index in [1.54, 1.807) is 6.92 Å². The Morgan fingerprint density at radius 3 is 2.83 bits per heavy atom. The highest BCUT2D eigenvalue weighted by Gasteiger charge is 2.31. The van der Waals surface area contributed by atoms with Gasteiger partial charge in [0.1, 0.15) is 0 Å². The Hall–Kier alpha value is -1.73. The van der Waals surface area contributed by atoms with E-state index in [0.29, 0.717) is 33.3 Å². The minimum atomic E-state index is -2.68. The molecule has 1 fully saturated rings. The van der Waals surface area contributed by atoms with Crippen molar-refractivity contribution in [3.05, 3.63) is 40.1 Å². The van der Waals surface area contributed by atoms with Crippen LogP contribution in [0.25, 0.3) is 11.1 Å². The Morgan fingerprint density at radius 2 is 2.12 bits per heavy atom. The number of halogens is 3. The van der Waals surface area contributed by atoms with Crippen LogP contribution in [0.15, 0.2) is 23.1 Å². The van der Waals surface area contributed by atoms with Crippen LogP contribution in [0, 0.1) is 12.8 Å². The highest BCUT2D eigenvalue weighted by molar-refractivity contribution is 5.85. The van der Waals surface area contributed by atoms with E-state index in [-0.39, 0.29) is 18.0 Å². The van der Waals surface area contributed by atoms with Crippen LogP contribution in [-0.2, 0) is 6.54 Å². The van der Waals surface area contributed by atoms with Gasteiger partial charge in [-0.05, 0) is 37.4 Å². The summed E-state index contributed by atoms with van der Waals surface area (Å²) in [5, 5.41) is 7.15. The number of nitrogens with one attached hydrogen (secondary N) is 1. The predicted octanol–water partition coefficient (Wildman–Crippen LogP) is 2.54. The maximum absolute atomic E-state index is 12.9. The molecule has 0 saturated carbocycles. The first-order valence-electron chi connectivity index (χ1n) is 7.82. The zero-order chi connectivity index (χ0) is 16.1. The summed E-state index contributed by atoms with van der Waals surface area (Å²) >= 11 is 0. The van der Waals surface area contributed by atoms with Gasteiger partial charge < -0.3 is 9.88 Å². The molecule has 130 valence electrons. The number of piperidine rings is 1. The van der Waals surface area contributed by atoms with Gasteiger partial charge in [-0.15, -0.1) is 12.4 Å². The summed E-state index contributed by atoms with van der Waals surface area (Å²) in [6.07, 6.45) is 2.49. The van der Waals surface area contributed by atoms with Gasteiger partial charge in [0, 0.05) is 42.0 Å². The molecule has 2 aliphatic rings. The van der Waals surface area contributed by atoms with Gasteiger partial charge in [-0.3, -0.25) is 4.79 Å². The Morgan fingerprint density at radius 1 is 1.33 bits per heavy atom. The number of aromatic nitrogens is 3. The monoisotopic (exact) mass is 356 g/mol. The topological polar surface area (TPSA) is 51.9 Å².